The van der Waals surface area contributed by atoms with Crippen molar-refractivity contribution in [3.8, 4) is 28.2 Å². The van der Waals surface area contributed by atoms with E-state index < -0.39 is 0 Å². The molecule has 0 aliphatic carbocycles. The monoisotopic (exact) mass is 564 g/mol. The van der Waals surface area contributed by atoms with Crippen molar-refractivity contribution >= 4 is 38.9 Å². The van der Waals surface area contributed by atoms with Crippen molar-refractivity contribution in [2.75, 3.05) is 4.90 Å². The predicted octanol–water partition coefficient (Wildman–Crippen LogP) is 10.4. The summed E-state index contributed by atoms with van der Waals surface area (Å²) in [6, 6.07) is 55.4. The molecule has 0 aliphatic heterocycles. The van der Waals surface area contributed by atoms with Crippen LogP contribution in [0.3, 0.4) is 0 Å². The van der Waals surface area contributed by atoms with E-state index in [0.717, 1.165) is 45.3 Å². The van der Waals surface area contributed by atoms with Gasteiger partial charge in [0.15, 0.2) is 0 Å². The first-order chi connectivity index (χ1) is 21.8. The van der Waals surface area contributed by atoms with Crippen LogP contribution >= 0.6 is 0 Å². The number of anilines is 3. The number of para-hydroxylation sites is 3. The van der Waals surface area contributed by atoms with Gasteiger partial charge in [-0.15, -0.1) is 0 Å². The Bertz CT molecular complexity index is 2150. The molecule has 0 amide bonds. The fourth-order valence-corrected chi connectivity index (χ4v) is 6.10. The van der Waals surface area contributed by atoms with Crippen molar-refractivity contribution < 1.29 is 0 Å². The molecule has 0 saturated carbocycles. The van der Waals surface area contributed by atoms with E-state index in [1.54, 1.807) is 12.4 Å². The summed E-state index contributed by atoms with van der Waals surface area (Å²) < 4.78 is 2.35. The second kappa shape index (κ2) is 11.0. The number of hydrogen-bond acceptors (Lipinski definition) is 3. The van der Waals surface area contributed by atoms with E-state index in [-0.39, 0.29) is 0 Å². The standard InChI is InChI=1S/C40H28N4/c1-3-11-29(12-4-1)39-40(42-28-27-41-39)30-19-21-32(22-20-30)43(31-13-5-2-6-14-31)33-23-25-34(26-24-33)44-37-17-9-7-15-35(37)36-16-8-10-18-38(36)44/h1-28H. The van der Waals surface area contributed by atoms with Gasteiger partial charge < -0.3 is 9.47 Å². The minimum absolute atomic E-state index is 0.868. The molecule has 4 heteroatoms. The number of hydrogen-bond donors (Lipinski definition) is 0. The van der Waals surface area contributed by atoms with E-state index in [1.165, 1.54) is 21.8 Å². The van der Waals surface area contributed by atoms with Crippen molar-refractivity contribution in [2.24, 2.45) is 0 Å². The smallest absolute Gasteiger partial charge is 0.0965 e. The fourth-order valence-electron chi connectivity index (χ4n) is 6.10. The average Bonchev–Trinajstić information content (AvgIpc) is 3.44. The zero-order valence-electron chi connectivity index (χ0n) is 24.0. The molecule has 0 unspecified atom stereocenters. The van der Waals surface area contributed by atoms with Gasteiger partial charge in [-0.2, -0.15) is 0 Å². The lowest BCUT2D eigenvalue weighted by Gasteiger charge is -2.26. The first-order valence-corrected chi connectivity index (χ1v) is 14.8. The maximum Gasteiger partial charge on any atom is 0.0965 e. The molecule has 0 radical (unpaired) electrons. The molecule has 0 saturated heterocycles. The van der Waals surface area contributed by atoms with E-state index in [9.17, 15) is 0 Å². The molecule has 208 valence electrons. The van der Waals surface area contributed by atoms with E-state index in [1.807, 2.05) is 18.2 Å². The normalized spacial score (nSPS) is 11.2. The average molecular weight is 565 g/mol. The van der Waals surface area contributed by atoms with Crippen LogP contribution in [0.5, 0.6) is 0 Å². The minimum Gasteiger partial charge on any atom is -0.311 e. The van der Waals surface area contributed by atoms with Crippen molar-refractivity contribution in [1.29, 1.82) is 0 Å². The quantitative estimate of drug-likeness (QED) is 0.201. The predicted molar refractivity (Wildman–Crippen MR) is 182 cm³/mol. The lowest BCUT2D eigenvalue weighted by atomic mass is 10.0. The molecule has 2 aromatic heterocycles. The number of fused-ring (bicyclic) bond motifs is 3. The van der Waals surface area contributed by atoms with Gasteiger partial charge in [0, 0.05) is 57.0 Å². The molecule has 0 atom stereocenters. The number of aromatic nitrogens is 3. The van der Waals surface area contributed by atoms with Crippen LogP contribution in [0.2, 0.25) is 0 Å². The van der Waals surface area contributed by atoms with E-state index in [4.69, 9.17) is 4.98 Å². The van der Waals surface area contributed by atoms with Crippen LogP contribution in [0.4, 0.5) is 17.1 Å². The maximum absolute atomic E-state index is 4.71. The van der Waals surface area contributed by atoms with Crippen LogP contribution < -0.4 is 4.90 Å². The SMILES string of the molecule is c1ccc(-c2nccnc2-c2ccc(N(c3ccccc3)c3ccc(-n4c5ccccc5c5ccccc54)cc3)cc2)cc1. The highest BCUT2D eigenvalue weighted by atomic mass is 15.1. The van der Waals surface area contributed by atoms with E-state index >= 15 is 0 Å². The number of rotatable bonds is 6. The zero-order valence-corrected chi connectivity index (χ0v) is 24.0. The first kappa shape index (κ1) is 25.7. The molecule has 0 aliphatic rings. The second-order valence-electron chi connectivity index (χ2n) is 10.7. The largest absolute Gasteiger partial charge is 0.311 e. The Labute approximate surface area is 256 Å². The molecule has 4 nitrogen and oxygen atoms in total. The Morgan fingerprint density at radius 3 is 1.39 bits per heavy atom. The summed E-state index contributed by atoms with van der Waals surface area (Å²) in [5, 5.41) is 2.52. The summed E-state index contributed by atoms with van der Waals surface area (Å²) in [6.07, 6.45) is 3.50. The van der Waals surface area contributed by atoms with Gasteiger partial charge in [-0.25, -0.2) is 0 Å². The van der Waals surface area contributed by atoms with Crippen LogP contribution in [-0.4, -0.2) is 14.5 Å². The molecule has 44 heavy (non-hydrogen) atoms. The maximum atomic E-state index is 4.71. The molecular weight excluding hydrogens is 536 g/mol. The van der Waals surface area contributed by atoms with Gasteiger partial charge >= 0.3 is 0 Å². The summed E-state index contributed by atoms with van der Waals surface area (Å²) in [7, 11) is 0. The third-order valence-electron chi connectivity index (χ3n) is 8.10. The first-order valence-electron chi connectivity index (χ1n) is 14.8. The van der Waals surface area contributed by atoms with Crippen LogP contribution in [-0.2, 0) is 0 Å². The molecule has 8 rings (SSSR count). The van der Waals surface area contributed by atoms with Crippen molar-refractivity contribution in [3.63, 3.8) is 0 Å². The van der Waals surface area contributed by atoms with Gasteiger partial charge in [-0.1, -0.05) is 97.1 Å². The van der Waals surface area contributed by atoms with E-state index in [2.05, 4.69) is 154 Å². The molecule has 6 aromatic carbocycles. The molecule has 0 spiro atoms. The summed E-state index contributed by atoms with van der Waals surface area (Å²) in [6.45, 7) is 0. The topological polar surface area (TPSA) is 34.0 Å². The van der Waals surface area contributed by atoms with Gasteiger partial charge in [-0.3, -0.25) is 9.97 Å². The Balaban J connectivity index is 1.19. The Kier molecular flexibility index (Phi) is 6.43. The van der Waals surface area contributed by atoms with Gasteiger partial charge in [0.2, 0.25) is 0 Å². The minimum atomic E-state index is 0.868. The molecule has 2 heterocycles. The van der Waals surface area contributed by atoms with Crippen molar-refractivity contribution in [1.82, 2.24) is 14.5 Å². The highest BCUT2D eigenvalue weighted by molar-refractivity contribution is 6.09. The summed E-state index contributed by atoms with van der Waals surface area (Å²) in [4.78, 5) is 11.7. The number of nitrogens with zero attached hydrogens (tertiary/aromatic N) is 4. The molecular formula is C40H28N4. The van der Waals surface area contributed by atoms with Crippen LogP contribution in [0.15, 0.2) is 170 Å². The Hall–Kier alpha value is -6.00. The highest BCUT2D eigenvalue weighted by Gasteiger charge is 2.16. The highest BCUT2D eigenvalue weighted by Crippen LogP contribution is 2.38. The fraction of sp³-hybridized carbons (Fsp3) is 0. The molecule has 8 aromatic rings. The van der Waals surface area contributed by atoms with Crippen molar-refractivity contribution in [3.05, 3.63) is 170 Å². The van der Waals surface area contributed by atoms with Crippen molar-refractivity contribution in [2.45, 2.75) is 0 Å². The van der Waals surface area contributed by atoms with Gasteiger partial charge in [0.05, 0.1) is 22.4 Å². The van der Waals surface area contributed by atoms with Crippen LogP contribution in [0.25, 0.3) is 50.0 Å². The number of benzene rings is 6. The van der Waals surface area contributed by atoms with Gasteiger partial charge in [0.25, 0.3) is 0 Å². The van der Waals surface area contributed by atoms with Gasteiger partial charge in [0.1, 0.15) is 0 Å². The second-order valence-corrected chi connectivity index (χ2v) is 10.7. The lowest BCUT2D eigenvalue weighted by molar-refractivity contribution is 1.17. The Morgan fingerprint density at radius 2 is 0.818 bits per heavy atom. The lowest BCUT2D eigenvalue weighted by Crippen LogP contribution is -2.10. The van der Waals surface area contributed by atoms with Crippen LogP contribution in [0.1, 0.15) is 0 Å². The summed E-state index contributed by atoms with van der Waals surface area (Å²) in [5.74, 6) is 0. The van der Waals surface area contributed by atoms with E-state index in [0.29, 0.717) is 0 Å². The third-order valence-corrected chi connectivity index (χ3v) is 8.10. The third kappa shape index (κ3) is 4.50. The zero-order chi connectivity index (χ0) is 29.3. The Morgan fingerprint density at radius 1 is 0.386 bits per heavy atom. The molecule has 0 N–H and O–H groups in total. The molecule has 0 bridgehead atoms. The molecule has 0 fully saturated rings. The summed E-state index contributed by atoms with van der Waals surface area (Å²) >= 11 is 0. The summed E-state index contributed by atoms with van der Waals surface area (Å²) in [5.41, 5.74) is 10.6. The van der Waals surface area contributed by atoms with Gasteiger partial charge in [-0.05, 0) is 60.7 Å². The van der Waals surface area contributed by atoms with Crippen LogP contribution in [0, 0.1) is 0 Å².